The molecule has 1 aliphatic heterocycles. The molecule has 0 spiro atoms. The van der Waals surface area contributed by atoms with Gasteiger partial charge in [-0.05, 0) is 113 Å². The van der Waals surface area contributed by atoms with Gasteiger partial charge in [0.25, 0.3) is 0 Å². The monoisotopic (exact) mass is 604 g/mol. The van der Waals surface area contributed by atoms with Gasteiger partial charge in [0.05, 0.1) is 19.8 Å². The molecule has 0 bridgehead atoms. The van der Waals surface area contributed by atoms with E-state index in [-0.39, 0.29) is 36.4 Å². The van der Waals surface area contributed by atoms with Gasteiger partial charge in [0.15, 0.2) is 6.79 Å². The first-order valence-corrected chi connectivity index (χ1v) is 15.8. The van der Waals surface area contributed by atoms with Gasteiger partial charge in [-0.2, -0.15) is 0 Å². The molecular weight excluding hydrogens is 552 g/mol. The number of aliphatic hydroxyl groups excluding tert-OH is 2. The molecule has 0 aromatic heterocycles. The fourth-order valence-electron chi connectivity index (χ4n) is 6.85. The van der Waals surface area contributed by atoms with Gasteiger partial charge in [0.2, 0.25) is 0 Å². The van der Waals surface area contributed by atoms with Crippen LogP contribution in [0.2, 0.25) is 0 Å². The highest BCUT2D eigenvalue weighted by Crippen LogP contribution is 2.53. The molecule has 44 heavy (non-hydrogen) atoms. The average molecular weight is 605 g/mol. The molecule has 0 radical (unpaired) electrons. The topological polar surface area (TPSA) is 77.4 Å². The first-order chi connectivity index (χ1) is 20.9. The van der Waals surface area contributed by atoms with Gasteiger partial charge in [0.1, 0.15) is 22.8 Å². The van der Waals surface area contributed by atoms with Crippen molar-refractivity contribution in [2.24, 2.45) is 11.3 Å². The van der Waals surface area contributed by atoms with Crippen LogP contribution in [0.25, 0.3) is 12.2 Å². The maximum absolute atomic E-state index is 10.8. The van der Waals surface area contributed by atoms with Crippen LogP contribution in [0.3, 0.4) is 0 Å². The molecule has 1 aliphatic carbocycles. The number of fused-ring (bicyclic) bond motifs is 2. The Bertz CT molecular complexity index is 1400. The van der Waals surface area contributed by atoms with Gasteiger partial charge in [0, 0.05) is 24.2 Å². The zero-order valence-electron chi connectivity index (χ0n) is 28.0. The number of allylic oxidation sites excluding steroid dienone is 4. The number of ether oxygens (including phenoxy) is 4. The third kappa shape index (κ3) is 7.59. The Labute approximate surface area is 264 Å². The third-order valence-corrected chi connectivity index (χ3v) is 9.56. The van der Waals surface area contributed by atoms with Crippen molar-refractivity contribution in [2.75, 3.05) is 21.0 Å². The summed E-state index contributed by atoms with van der Waals surface area (Å²) in [5.74, 6) is 2.45. The van der Waals surface area contributed by atoms with Gasteiger partial charge in [-0.25, -0.2) is 0 Å². The van der Waals surface area contributed by atoms with E-state index in [1.54, 1.807) is 14.2 Å². The molecule has 0 unspecified atom stereocenters. The zero-order valence-corrected chi connectivity index (χ0v) is 28.0. The van der Waals surface area contributed by atoms with Crippen molar-refractivity contribution in [2.45, 2.75) is 98.4 Å². The van der Waals surface area contributed by atoms with E-state index in [1.807, 2.05) is 24.3 Å². The summed E-state index contributed by atoms with van der Waals surface area (Å²) in [6.07, 6.45) is 13.3. The summed E-state index contributed by atoms with van der Waals surface area (Å²) >= 11 is 0. The normalized spacial score (nSPS) is 22.6. The van der Waals surface area contributed by atoms with Gasteiger partial charge in [-0.1, -0.05) is 49.3 Å². The maximum atomic E-state index is 10.8. The van der Waals surface area contributed by atoms with Gasteiger partial charge >= 0.3 is 0 Å². The summed E-state index contributed by atoms with van der Waals surface area (Å²) in [4.78, 5) is 0. The zero-order chi connectivity index (χ0) is 32.1. The minimum Gasteiger partial charge on any atom is -0.496 e. The fraction of sp³-hybridized carbons (Fsp3) is 0.526. The molecule has 1 heterocycles. The molecule has 4 rings (SSSR count). The number of hydrogen-bond acceptors (Lipinski definition) is 6. The SMILES string of the molecule is COCOc1cc(/C=C/c2cc(CO)c3c(c2)C[C@@H]2C(C)(C)[C@H](O)CC[C@@]2(C)O3)cc(OC)c1C/C=C(\C)CCC=C(C)C. The molecule has 2 aliphatic rings. The lowest BCUT2D eigenvalue weighted by Gasteiger charge is -2.55. The van der Waals surface area contributed by atoms with Gasteiger partial charge in [-0.3, -0.25) is 0 Å². The highest BCUT2D eigenvalue weighted by Gasteiger charge is 2.54. The summed E-state index contributed by atoms with van der Waals surface area (Å²) in [7, 11) is 3.30. The molecule has 2 aromatic carbocycles. The van der Waals surface area contributed by atoms with E-state index in [4.69, 9.17) is 18.9 Å². The van der Waals surface area contributed by atoms with Crippen molar-refractivity contribution in [1.82, 2.24) is 0 Å². The summed E-state index contributed by atoms with van der Waals surface area (Å²) in [5, 5.41) is 21.1. The van der Waals surface area contributed by atoms with Crippen LogP contribution in [0.4, 0.5) is 0 Å². The van der Waals surface area contributed by atoms with Gasteiger partial charge in [-0.15, -0.1) is 0 Å². The predicted molar refractivity (Wildman–Crippen MR) is 178 cm³/mol. The lowest BCUT2D eigenvalue weighted by molar-refractivity contribution is -0.138. The number of aliphatic hydroxyl groups is 2. The average Bonchev–Trinajstić information content (AvgIpc) is 2.99. The minimum absolute atomic E-state index is 0.102. The van der Waals surface area contributed by atoms with Crippen molar-refractivity contribution < 1.29 is 29.2 Å². The molecule has 1 fully saturated rings. The molecule has 3 atom stereocenters. The van der Waals surface area contributed by atoms with E-state index in [0.29, 0.717) is 6.42 Å². The van der Waals surface area contributed by atoms with Crippen LogP contribution in [0, 0.1) is 11.3 Å². The number of methoxy groups -OCH3 is 2. The summed E-state index contributed by atoms with van der Waals surface area (Å²) < 4.78 is 23.8. The summed E-state index contributed by atoms with van der Waals surface area (Å²) in [6.45, 7) is 12.9. The largest absolute Gasteiger partial charge is 0.496 e. The molecular formula is C38H52O6. The van der Waals surface area contributed by atoms with E-state index in [2.05, 4.69) is 65.8 Å². The standard InChI is InChI=1S/C38H52O6/c1-25(2)10-9-11-26(3)12-15-31-32(42-8)20-28(21-33(31)43-24-41-7)14-13-27-18-29-22-34-37(4,5)35(40)16-17-38(34,6)44-36(29)30(19-27)23-39/h10,12-14,18-21,34-35,39-40H,9,11,15-17,22-24H2,1-8H3/b14-13+,26-12+/t34-,35-,38-/m1/s1. The summed E-state index contributed by atoms with van der Waals surface area (Å²) in [6, 6.07) is 8.20. The van der Waals surface area contributed by atoms with Crippen LogP contribution in [0.15, 0.2) is 47.6 Å². The summed E-state index contributed by atoms with van der Waals surface area (Å²) in [5.41, 5.74) is 6.78. The molecule has 0 amide bonds. The van der Waals surface area contributed by atoms with Crippen molar-refractivity contribution in [3.8, 4) is 17.2 Å². The molecule has 6 nitrogen and oxygen atoms in total. The van der Waals surface area contributed by atoms with Crippen molar-refractivity contribution in [1.29, 1.82) is 0 Å². The molecule has 0 saturated heterocycles. The Morgan fingerprint density at radius 2 is 1.70 bits per heavy atom. The van der Waals surface area contributed by atoms with Crippen molar-refractivity contribution in [3.05, 3.63) is 75.4 Å². The Kier molecular flexibility index (Phi) is 11.0. The second-order valence-corrected chi connectivity index (χ2v) is 13.5. The second kappa shape index (κ2) is 14.4. The Morgan fingerprint density at radius 3 is 2.36 bits per heavy atom. The lowest BCUT2D eigenvalue weighted by atomic mass is 9.57. The number of benzene rings is 2. The van der Waals surface area contributed by atoms with Crippen molar-refractivity contribution in [3.63, 3.8) is 0 Å². The Morgan fingerprint density at radius 1 is 1.00 bits per heavy atom. The van der Waals surface area contributed by atoms with Crippen LogP contribution in [-0.2, 0) is 24.2 Å². The van der Waals surface area contributed by atoms with E-state index in [9.17, 15) is 10.2 Å². The minimum atomic E-state index is -0.368. The van der Waals surface area contributed by atoms with Crippen LogP contribution < -0.4 is 14.2 Å². The van der Waals surface area contributed by atoms with E-state index < -0.39 is 0 Å². The first-order valence-electron chi connectivity index (χ1n) is 15.8. The first kappa shape index (κ1) is 33.8. The van der Waals surface area contributed by atoms with Crippen LogP contribution in [0.5, 0.6) is 17.2 Å². The second-order valence-electron chi connectivity index (χ2n) is 13.5. The molecule has 2 aromatic rings. The van der Waals surface area contributed by atoms with Crippen molar-refractivity contribution >= 4 is 12.2 Å². The molecule has 240 valence electrons. The maximum Gasteiger partial charge on any atom is 0.188 e. The Hall–Kier alpha value is -3.06. The smallest absolute Gasteiger partial charge is 0.188 e. The van der Waals surface area contributed by atoms with Gasteiger partial charge < -0.3 is 29.2 Å². The van der Waals surface area contributed by atoms with Crippen LogP contribution >= 0.6 is 0 Å². The van der Waals surface area contributed by atoms with E-state index in [0.717, 1.165) is 77.2 Å². The Balaban J connectivity index is 1.63. The highest BCUT2D eigenvalue weighted by atomic mass is 16.7. The molecule has 6 heteroatoms. The van der Waals surface area contributed by atoms with E-state index >= 15 is 0 Å². The van der Waals surface area contributed by atoms with E-state index in [1.165, 1.54) is 11.1 Å². The lowest BCUT2D eigenvalue weighted by Crippen LogP contribution is -2.58. The quantitative estimate of drug-likeness (QED) is 0.145. The number of rotatable bonds is 12. The number of hydrogen-bond donors (Lipinski definition) is 2. The van der Waals surface area contributed by atoms with Crippen LogP contribution in [-0.4, -0.2) is 42.9 Å². The molecule has 2 N–H and O–H groups in total. The predicted octanol–water partition coefficient (Wildman–Crippen LogP) is 8.07. The third-order valence-electron chi connectivity index (χ3n) is 9.56. The highest BCUT2D eigenvalue weighted by molar-refractivity contribution is 5.73. The fourth-order valence-corrected chi connectivity index (χ4v) is 6.85. The molecule has 1 saturated carbocycles. The van der Waals surface area contributed by atoms with Crippen LogP contribution in [0.1, 0.15) is 95.0 Å².